The van der Waals surface area contributed by atoms with Gasteiger partial charge in [-0.3, -0.25) is 4.55 Å². The Morgan fingerprint density at radius 3 is 1.58 bits per heavy atom. The quantitative estimate of drug-likeness (QED) is 0.251. The molecule has 0 atom stereocenters. The molecule has 0 heterocycles. The minimum absolute atomic E-state index is 0. The molecular formula is C12H26FNaO4S. The van der Waals surface area contributed by atoms with Gasteiger partial charge in [-0.1, -0.05) is 64.7 Å². The normalized spacial score (nSPS) is 10.6. The van der Waals surface area contributed by atoms with Crippen molar-refractivity contribution in [1.29, 1.82) is 0 Å². The maximum absolute atomic E-state index is 10.2. The molecule has 0 amide bonds. The van der Waals surface area contributed by atoms with Crippen LogP contribution < -0.4 is 34.3 Å². The van der Waals surface area contributed by atoms with Gasteiger partial charge in [0, 0.05) is 0 Å². The molecule has 1 N–H and O–H groups in total. The third-order valence-corrected chi connectivity index (χ3v) is 3.19. The Morgan fingerprint density at radius 1 is 0.842 bits per heavy atom. The van der Waals surface area contributed by atoms with Crippen LogP contribution in [0, 0.1) is 0 Å². The fraction of sp³-hybridized carbons (Fsp3) is 1.00. The fourth-order valence-corrected chi connectivity index (χ4v) is 2.08. The van der Waals surface area contributed by atoms with E-state index in [0.717, 1.165) is 12.8 Å². The maximum Gasteiger partial charge on any atom is 1.00 e. The van der Waals surface area contributed by atoms with Crippen LogP contribution in [0.2, 0.25) is 0 Å². The van der Waals surface area contributed by atoms with Gasteiger partial charge >= 0.3 is 40.0 Å². The van der Waals surface area contributed by atoms with Crippen LogP contribution in [0.25, 0.3) is 0 Å². The van der Waals surface area contributed by atoms with E-state index in [-0.39, 0.29) is 40.9 Å². The summed E-state index contributed by atoms with van der Waals surface area (Å²) in [6, 6.07) is 0. The van der Waals surface area contributed by atoms with Gasteiger partial charge in [0.2, 0.25) is 0 Å². The van der Waals surface area contributed by atoms with E-state index in [0.29, 0.717) is 6.42 Å². The van der Waals surface area contributed by atoms with Gasteiger partial charge in [0.05, 0.1) is 6.61 Å². The monoisotopic (exact) mass is 308 g/mol. The van der Waals surface area contributed by atoms with Crippen molar-refractivity contribution < 1.29 is 51.4 Å². The Labute approximate surface area is 139 Å². The van der Waals surface area contributed by atoms with Crippen molar-refractivity contribution >= 4 is 10.4 Å². The summed E-state index contributed by atoms with van der Waals surface area (Å²) in [6.45, 7) is 2.31. The van der Waals surface area contributed by atoms with E-state index in [1.807, 2.05) is 0 Å². The third-order valence-electron chi connectivity index (χ3n) is 2.73. The van der Waals surface area contributed by atoms with Crippen LogP contribution in [0.5, 0.6) is 0 Å². The Kier molecular flexibility index (Phi) is 22.0. The summed E-state index contributed by atoms with van der Waals surface area (Å²) in [6.07, 6.45) is 11.9. The molecule has 7 heteroatoms. The molecule has 19 heavy (non-hydrogen) atoms. The molecule has 0 aliphatic heterocycles. The van der Waals surface area contributed by atoms with Crippen molar-refractivity contribution in [2.24, 2.45) is 0 Å². The van der Waals surface area contributed by atoms with Crippen molar-refractivity contribution in [3.8, 4) is 0 Å². The van der Waals surface area contributed by atoms with Crippen LogP contribution >= 0.6 is 0 Å². The number of halogens is 1. The second-order valence-corrected chi connectivity index (χ2v) is 5.52. The summed E-state index contributed by atoms with van der Waals surface area (Å²) in [5.41, 5.74) is 0. The van der Waals surface area contributed by atoms with E-state index in [1.165, 1.54) is 44.9 Å². The minimum atomic E-state index is -4.23. The van der Waals surface area contributed by atoms with E-state index in [1.54, 1.807) is 0 Å². The van der Waals surface area contributed by atoms with Crippen molar-refractivity contribution in [2.45, 2.75) is 71.1 Å². The average Bonchev–Trinajstić information content (AvgIpc) is 2.24. The molecule has 0 aliphatic carbocycles. The molecule has 0 aromatic heterocycles. The zero-order chi connectivity index (χ0) is 13.0. The van der Waals surface area contributed by atoms with Gasteiger partial charge in [0.25, 0.3) is 0 Å². The summed E-state index contributed by atoms with van der Waals surface area (Å²) in [7, 11) is -4.23. The Morgan fingerprint density at radius 2 is 1.21 bits per heavy atom. The van der Waals surface area contributed by atoms with Gasteiger partial charge in [0.15, 0.2) is 0 Å². The molecule has 0 aromatic carbocycles. The molecule has 0 rings (SSSR count). The van der Waals surface area contributed by atoms with E-state index in [2.05, 4.69) is 11.1 Å². The average molecular weight is 308 g/mol. The van der Waals surface area contributed by atoms with Crippen molar-refractivity contribution in [2.75, 3.05) is 6.61 Å². The van der Waals surface area contributed by atoms with E-state index >= 15 is 0 Å². The summed E-state index contributed by atoms with van der Waals surface area (Å²) >= 11 is 0. The number of unbranched alkanes of at least 4 members (excludes halogenated alkanes) is 9. The topological polar surface area (TPSA) is 63.6 Å². The molecule has 0 radical (unpaired) electrons. The first-order valence-electron chi connectivity index (χ1n) is 6.68. The van der Waals surface area contributed by atoms with Crippen molar-refractivity contribution in [1.82, 2.24) is 0 Å². The molecular weight excluding hydrogens is 282 g/mol. The van der Waals surface area contributed by atoms with Crippen LogP contribution in [-0.4, -0.2) is 19.6 Å². The minimum Gasteiger partial charge on any atom is -1.00 e. The van der Waals surface area contributed by atoms with E-state index in [4.69, 9.17) is 4.55 Å². The number of hydrogen-bond acceptors (Lipinski definition) is 3. The largest absolute Gasteiger partial charge is 1.00 e. The molecule has 112 valence electrons. The molecule has 0 aliphatic rings. The molecule has 0 aromatic rings. The Bertz CT molecular complexity index is 260. The Hall–Kier alpha value is 0.800. The van der Waals surface area contributed by atoms with Gasteiger partial charge in [-0.25, -0.2) is 4.18 Å². The molecule has 0 spiro atoms. The molecule has 0 saturated carbocycles. The summed E-state index contributed by atoms with van der Waals surface area (Å²) < 4.78 is 33.0. The third kappa shape index (κ3) is 24.2. The summed E-state index contributed by atoms with van der Waals surface area (Å²) in [5, 5.41) is 0. The zero-order valence-electron chi connectivity index (χ0n) is 12.2. The Balaban J connectivity index is -0.00000128. The van der Waals surface area contributed by atoms with Crippen LogP contribution in [0.15, 0.2) is 0 Å². The zero-order valence-corrected chi connectivity index (χ0v) is 15.1. The van der Waals surface area contributed by atoms with Gasteiger partial charge in [-0.2, -0.15) is 8.42 Å². The SMILES string of the molecule is CCCCCCCCCCCCOS(=O)(=O)O.[F-].[Na+]. The number of rotatable bonds is 12. The molecule has 0 saturated heterocycles. The summed E-state index contributed by atoms with van der Waals surface area (Å²) in [4.78, 5) is 0. The summed E-state index contributed by atoms with van der Waals surface area (Å²) in [5.74, 6) is 0. The van der Waals surface area contributed by atoms with Gasteiger partial charge in [-0.05, 0) is 6.42 Å². The molecule has 0 unspecified atom stereocenters. The van der Waals surface area contributed by atoms with E-state index in [9.17, 15) is 8.42 Å². The standard InChI is InChI=1S/C12H26O4S.FH.Na/c1-2-3-4-5-6-7-8-9-10-11-12-16-17(13,14)15;;/h2-12H2,1H3,(H,13,14,15);1H;/q;;+1/p-1. The van der Waals surface area contributed by atoms with E-state index < -0.39 is 10.4 Å². The first-order valence-corrected chi connectivity index (χ1v) is 8.04. The first kappa shape index (κ1) is 24.8. The fourth-order valence-electron chi connectivity index (χ4n) is 1.75. The van der Waals surface area contributed by atoms with Crippen LogP contribution in [-0.2, 0) is 14.6 Å². The predicted molar refractivity (Wildman–Crippen MR) is 69.3 cm³/mol. The second-order valence-electron chi connectivity index (χ2n) is 4.43. The number of hydrogen-bond donors (Lipinski definition) is 1. The van der Waals surface area contributed by atoms with Crippen LogP contribution in [0.1, 0.15) is 71.1 Å². The van der Waals surface area contributed by atoms with Crippen molar-refractivity contribution in [3.05, 3.63) is 0 Å². The predicted octanol–water partition coefficient (Wildman–Crippen LogP) is -2.27. The molecule has 0 fully saturated rings. The van der Waals surface area contributed by atoms with Crippen molar-refractivity contribution in [3.63, 3.8) is 0 Å². The molecule has 0 bridgehead atoms. The van der Waals surface area contributed by atoms with Gasteiger partial charge in [0.1, 0.15) is 0 Å². The van der Waals surface area contributed by atoms with Gasteiger partial charge in [-0.15, -0.1) is 0 Å². The van der Waals surface area contributed by atoms with Gasteiger partial charge < -0.3 is 4.70 Å². The first-order chi connectivity index (χ1) is 8.06. The second kappa shape index (κ2) is 16.9. The molecule has 4 nitrogen and oxygen atoms in total. The maximum atomic E-state index is 10.2. The van der Waals surface area contributed by atoms with Crippen LogP contribution in [0.3, 0.4) is 0 Å². The smallest absolute Gasteiger partial charge is 1.00 e. The van der Waals surface area contributed by atoms with Crippen LogP contribution in [0.4, 0.5) is 0 Å².